The first-order valence-corrected chi connectivity index (χ1v) is 5.27. The van der Waals surface area contributed by atoms with Crippen LogP contribution in [-0.2, 0) is 6.54 Å². The number of nitrogens with zero attached hydrogens (tertiary/aromatic N) is 1. The number of aryl methyl sites for hydroxylation is 2. The zero-order chi connectivity index (χ0) is 10.7. The Bertz CT molecular complexity index is 431. The highest BCUT2D eigenvalue weighted by molar-refractivity contribution is 5.13. The molecule has 0 aliphatic rings. The molecule has 2 rings (SSSR count). The summed E-state index contributed by atoms with van der Waals surface area (Å²) in [6.45, 7) is 5.26. The Morgan fingerprint density at radius 2 is 1.38 bits per heavy atom. The average Bonchev–Trinajstić information content (AvgIpc) is 2.25. The van der Waals surface area contributed by atoms with Crippen molar-refractivity contribution in [2.75, 3.05) is 0 Å². The van der Waals surface area contributed by atoms with Crippen molar-refractivity contribution in [3.63, 3.8) is 0 Å². The summed E-state index contributed by atoms with van der Waals surface area (Å²) >= 11 is 0. The maximum Gasteiger partial charge on any atom is 0.178 e. The van der Waals surface area contributed by atoms with Crippen molar-refractivity contribution < 1.29 is 17.0 Å². The Balaban J connectivity index is 0.00000128. The Morgan fingerprint density at radius 1 is 0.812 bits per heavy atom. The molecule has 0 spiro atoms. The van der Waals surface area contributed by atoms with Crippen LogP contribution in [0.25, 0.3) is 0 Å². The van der Waals surface area contributed by atoms with Gasteiger partial charge >= 0.3 is 0 Å². The van der Waals surface area contributed by atoms with Gasteiger partial charge in [0, 0.05) is 31.5 Å². The molecule has 84 valence electrons. The minimum absolute atomic E-state index is 0. The van der Waals surface area contributed by atoms with E-state index in [1.807, 2.05) is 0 Å². The molecule has 0 aliphatic carbocycles. The number of hydrogen-bond donors (Lipinski definition) is 0. The second-order valence-corrected chi connectivity index (χ2v) is 3.88. The van der Waals surface area contributed by atoms with Crippen LogP contribution in [0.15, 0.2) is 48.5 Å². The van der Waals surface area contributed by atoms with Gasteiger partial charge in [-0.2, -0.15) is 4.57 Å². The highest BCUT2D eigenvalue weighted by atomic mass is 35.5. The number of aromatic nitrogens is 1. The third-order valence-corrected chi connectivity index (χ3v) is 2.71. The number of benzene rings is 1. The van der Waals surface area contributed by atoms with E-state index in [0.717, 1.165) is 6.54 Å². The molecule has 0 atom stereocenters. The minimum Gasteiger partial charge on any atom is -1.00 e. The fraction of sp³-hybridized carbons (Fsp3) is 0.214. The average molecular weight is 234 g/mol. The van der Waals surface area contributed by atoms with Gasteiger partial charge < -0.3 is 12.4 Å². The van der Waals surface area contributed by atoms with Gasteiger partial charge in [0.25, 0.3) is 0 Å². The smallest absolute Gasteiger partial charge is 0.178 e. The van der Waals surface area contributed by atoms with Crippen molar-refractivity contribution in [3.8, 4) is 0 Å². The molecule has 1 nitrogen and oxygen atoms in total. The first kappa shape index (κ1) is 12.7. The molecule has 1 aromatic carbocycles. The van der Waals surface area contributed by atoms with E-state index < -0.39 is 0 Å². The van der Waals surface area contributed by atoms with Crippen LogP contribution < -0.4 is 17.0 Å². The number of hydrogen-bond acceptors (Lipinski definition) is 0. The molecule has 0 radical (unpaired) electrons. The summed E-state index contributed by atoms with van der Waals surface area (Å²) in [7, 11) is 0. The van der Waals surface area contributed by atoms with Gasteiger partial charge in [0.15, 0.2) is 17.9 Å². The summed E-state index contributed by atoms with van der Waals surface area (Å²) in [5, 5.41) is 0. The number of pyridine rings is 1. The number of halogens is 1. The standard InChI is InChI=1S/C14H16N.ClH/c1-12-7-6-8-13(2)15(12)11-14-9-4-3-5-10-14;/h3-10H,11H2,1-2H3;1H/q+1;/p-1. The van der Waals surface area contributed by atoms with E-state index in [1.54, 1.807) is 0 Å². The molecule has 1 heterocycles. The van der Waals surface area contributed by atoms with Crippen LogP contribution >= 0.6 is 0 Å². The molecule has 0 unspecified atom stereocenters. The molecule has 1 aromatic heterocycles. The molecule has 0 N–H and O–H groups in total. The first-order valence-electron chi connectivity index (χ1n) is 5.27. The molecule has 0 saturated carbocycles. The van der Waals surface area contributed by atoms with E-state index in [2.05, 4.69) is 66.9 Å². The summed E-state index contributed by atoms with van der Waals surface area (Å²) in [6, 6.07) is 17.0. The lowest BCUT2D eigenvalue weighted by Crippen LogP contribution is -3.00. The van der Waals surface area contributed by atoms with Crippen LogP contribution in [0.2, 0.25) is 0 Å². The van der Waals surface area contributed by atoms with Gasteiger partial charge in [-0.1, -0.05) is 30.3 Å². The lowest BCUT2D eigenvalue weighted by atomic mass is 10.2. The molecule has 0 saturated heterocycles. The molecular weight excluding hydrogens is 218 g/mol. The van der Waals surface area contributed by atoms with Crippen LogP contribution in [0.5, 0.6) is 0 Å². The summed E-state index contributed by atoms with van der Waals surface area (Å²) in [6.07, 6.45) is 0. The predicted octanol–water partition coefficient (Wildman–Crippen LogP) is -0.357. The van der Waals surface area contributed by atoms with E-state index in [1.165, 1.54) is 17.0 Å². The maximum atomic E-state index is 2.33. The Morgan fingerprint density at radius 3 is 1.94 bits per heavy atom. The van der Waals surface area contributed by atoms with Gasteiger partial charge in [0.05, 0.1) is 0 Å². The molecule has 0 amide bonds. The van der Waals surface area contributed by atoms with E-state index in [-0.39, 0.29) is 12.4 Å². The number of rotatable bonds is 2. The highest BCUT2D eigenvalue weighted by Gasteiger charge is 2.09. The summed E-state index contributed by atoms with van der Waals surface area (Å²) in [5.41, 5.74) is 3.96. The Kier molecular flexibility index (Phi) is 4.51. The summed E-state index contributed by atoms with van der Waals surface area (Å²) in [4.78, 5) is 0. The van der Waals surface area contributed by atoms with Crippen molar-refractivity contribution in [2.24, 2.45) is 0 Å². The summed E-state index contributed by atoms with van der Waals surface area (Å²) in [5.74, 6) is 0. The molecule has 0 bridgehead atoms. The van der Waals surface area contributed by atoms with Gasteiger partial charge in [-0.3, -0.25) is 0 Å². The van der Waals surface area contributed by atoms with Gasteiger partial charge in [-0.05, 0) is 6.07 Å². The zero-order valence-electron chi connectivity index (χ0n) is 9.65. The van der Waals surface area contributed by atoms with Crippen LogP contribution in [-0.4, -0.2) is 0 Å². The lowest BCUT2D eigenvalue weighted by molar-refractivity contribution is -0.700. The van der Waals surface area contributed by atoms with Crippen molar-refractivity contribution in [1.82, 2.24) is 0 Å². The second kappa shape index (κ2) is 5.66. The van der Waals surface area contributed by atoms with E-state index in [4.69, 9.17) is 0 Å². The van der Waals surface area contributed by atoms with E-state index >= 15 is 0 Å². The maximum absolute atomic E-state index is 2.33. The summed E-state index contributed by atoms with van der Waals surface area (Å²) < 4.78 is 2.33. The van der Waals surface area contributed by atoms with Crippen molar-refractivity contribution >= 4 is 0 Å². The fourth-order valence-corrected chi connectivity index (χ4v) is 1.80. The molecule has 0 fully saturated rings. The van der Waals surface area contributed by atoms with Crippen LogP contribution in [0.4, 0.5) is 0 Å². The van der Waals surface area contributed by atoms with Gasteiger partial charge in [-0.25, -0.2) is 0 Å². The van der Waals surface area contributed by atoms with Crippen molar-refractivity contribution in [2.45, 2.75) is 20.4 Å². The monoisotopic (exact) mass is 233 g/mol. The third kappa shape index (κ3) is 2.83. The second-order valence-electron chi connectivity index (χ2n) is 3.88. The van der Waals surface area contributed by atoms with Crippen molar-refractivity contribution in [1.29, 1.82) is 0 Å². The quantitative estimate of drug-likeness (QED) is 0.624. The zero-order valence-corrected chi connectivity index (χ0v) is 10.4. The lowest BCUT2D eigenvalue weighted by Gasteiger charge is -2.03. The van der Waals surface area contributed by atoms with Gasteiger partial charge in [0.2, 0.25) is 0 Å². The first-order chi connectivity index (χ1) is 7.27. The minimum atomic E-state index is 0. The van der Waals surface area contributed by atoms with E-state index in [0.29, 0.717) is 0 Å². The molecule has 16 heavy (non-hydrogen) atoms. The van der Waals surface area contributed by atoms with Gasteiger partial charge in [0.1, 0.15) is 0 Å². The Labute approximate surface area is 103 Å². The predicted molar refractivity (Wildman–Crippen MR) is 61.7 cm³/mol. The van der Waals surface area contributed by atoms with Crippen LogP contribution in [0, 0.1) is 13.8 Å². The third-order valence-electron chi connectivity index (χ3n) is 2.71. The topological polar surface area (TPSA) is 3.88 Å². The van der Waals surface area contributed by atoms with E-state index in [9.17, 15) is 0 Å². The molecule has 0 aliphatic heterocycles. The normalized spacial score (nSPS) is 9.62. The van der Waals surface area contributed by atoms with Crippen LogP contribution in [0.3, 0.4) is 0 Å². The highest BCUT2D eigenvalue weighted by Crippen LogP contribution is 2.01. The van der Waals surface area contributed by atoms with Crippen molar-refractivity contribution in [3.05, 3.63) is 65.5 Å². The molecule has 2 heteroatoms. The SMILES string of the molecule is Cc1cccc(C)[n+]1Cc1ccccc1.[Cl-]. The Hall–Kier alpha value is -1.34. The van der Waals surface area contributed by atoms with Crippen LogP contribution in [0.1, 0.15) is 17.0 Å². The fourth-order valence-electron chi connectivity index (χ4n) is 1.80. The largest absolute Gasteiger partial charge is 1.00 e. The molecule has 2 aromatic rings. The molecular formula is C14H16ClN. The van der Waals surface area contributed by atoms with Gasteiger partial charge in [-0.15, -0.1) is 0 Å².